The summed E-state index contributed by atoms with van der Waals surface area (Å²) in [6.07, 6.45) is 4.38. The lowest BCUT2D eigenvalue weighted by molar-refractivity contribution is -0.146. The largest absolute Gasteiger partial charge is 0.452 e. The number of benzene rings is 1. The predicted molar refractivity (Wildman–Crippen MR) is 124 cm³/mol. The molecule has 1 aliphatic rings. The number of hydrogen-bond donors (Lipinski definition) is 1. The van der Waals surface area contributed by atoms with Crippen molar-refractivity contribution in [1.29, 1.82) is 0 Å². The summed E-state index contributed by atoms with van der Waals surface area (Å²) >= 11 is 3.40. The summed E-state index contributed by atoms with van der Waals surface area (Å²) < 4.78 is 34.8. The molecule has 1 N–H and O–H groups in total. The number of fused-ring (bicyclic) bond motifs is 1. The van der Waals surface area contributed by atoms with Gasteiger partial charge in [0.2, 0.25) is 0 Å². The van der Waals surface area contributed by atoms with Gasteiger partial charge in [0.05, 0.1) is 23.0 Å². The molecule has 33 heavy (non-hydrogen) atoms. The van der Waals surface area contributed by atoms with Crippen molar-refractivity contribution in [3.63, 3.8) is 0 Å². The maximum Gasteiger partial charge on any atom is 0.306 e. The Balaban J connectivity index is 1.56. The van der Waals surface area contributed by atoms with Gasteiger partial charge in [0.15, 0.2) is 6.10 Å². The number of amides is 1. The van der Waals surface area contributed by atoms with Gasteiger partial charge in [0.25, 0.3) is 15.9 Å². The molecule has 1 atom stereocenters. The molecular weight excluding hydrogens is 514 g/mol. The standard InChI is InChI=1S/C21H20BrN5O5S/c1-13-3-5-15(25-21(29)17-6-8-20(28)32-17)9-18(13)33(30,31)26(2)24-11-16-10-23-19-7-4-14(22)12-27(16)19/h3-5,7,9-12,17H,6,8H2,1-2H3,(H,25,29)/b24-11+/t17-/m1/s1. The van der Waals surface area contributed by atoms with Gasteiger partial charge in [-0.3, -0.25) is 14.0 Å². The van der Waals surface area contributed by atoms with Gasteiger partial charge < -0.3 is 10.1 Å². The normalized spacial score (nSPS) is 16.3. The van der Waals surface area contributed by atoms with Crippen molar-refractivity contribution in [2.75, 3.05) is 12.4 Å². The maximum atomic E-state index is 13.2. The Kier molecular flexibility index (Phi) is 6.21. The molecule has 3 aromatic rings. The van der Waals surface area contributed by atoms with Crippen molar-refractivity contribution in [1.82, 2.24) is 13.8 Å². The number of imidazole rings is 1. The molecule has 1 saturated heterocycles. The maximum absolute atomic E-state index is 13.2. The number of carbonyl (C=O) groups is 2. The van der Waals surface area contributed by atoms with Crippen LogP contribution in [0.4, 0.5) is 5.69 Å². The van der Waals surface area contributed by atoms with Gasteiger partial charge in [0, 0.05) is 36.2 Å². The van der Waals surface area contributed by atoms with Crippen molar-refractivity contribution < 1.29 is 22.7 Å². The molecule has 0 saturated carbocycles. The summed E-state index contributed by atoms with van der Waals surface area (Å²) in [5, 5.41) is 6.71. The summed E-state index contributed by atoms with van der Waals surface area (Å²) in [4.78, 5) is 27.8. The number of rotatable bonds is 6. The molecule has 1 aromatic carbocycles. The van der Waals surface area contributed by atoms with E-state index in [1.54, 1.807) is 35.9 Å². The number of anilines is 1. The van der Waals surface area contributed by atoms with Gasteiger partial charge in [-0.25, -0.2) is 4.98 Å². The van der Waals surface area contributed by atoms with Crippen LogP contribution in [-0.4, -0.2) is 53.5 Å². The second-order valence-electron chi connectivity index (χ2n) is 7.43. The summed E-state index contributed by atoms with van der Waals surface area (Å²) in [5.74, 6) is -0.932. The number of halogens is 1. The van der Waals surface area contributed by atoms with Gasteiger partial charge >= 0.3 is 5.97 Å². The quantitative estimate of drug-likeness (QED) is 0.295. The van der Waals surface area contributed by atoms with Crippen LogP contribution in [0.3, 0.4) is 0 Å². The second kappa shape index (κ2) is 8.94. The van der Waals surface area contributed by atoms with Crippen LogP contribution >= 0.6 is 15.9 Å². The minimum atomic E-state index is -4.01. The van der Waals surface area contributed by atoms with Crippen molar-refractivity contribution in [3.05, 3.63) is 58.5 Å². The third-order valence-corrected chi connectivity index (χ3v) is 7.36. The van der Waals surface area contributed by atoms with E-state index in [9.17, 15) is 18.0 Å². The molecular formula is C21H20BrN5O5S. The molecule has 3 heterocycles. The smallest absolute Gasteiger partial charge is 0.306 e. The van der Waals surface area contributed by atoms with Crippen LogP contribution in [0.1, 0.15) is 24.1 Å². The zero-order valence-electron chi connectivity index (χ0n) is 17.7. The van der Waals surface area contributed by atoms with E-state index in [-0.39, 0.29) is 17.0 Å². The van der Waals surface area contributed by atoms with Gasteiger partial charge in [-0.15, -0.1) is 0 Å². The molecule has 0 radical (unpaired) electrons. The minimum Gasteiger partial charge on any atom is -0.452 e. The van der Waals surface area contributed by atoms with E-state index >= 15 is 0 Å². The highest BCUT2D eigenvalue weighted by Crippen LogP contribution is 2.24. The van der Waals surface area contributed by atoms with E-state index in [0.29, 0.717) is 23.3 Å². The number of aromatic nitrogens is 2. The number of ether oxygens (including phenoxy) is 1. The highest BCUT2D eigenvalue weighted by atomic mass is 79.9. The number of sulfonamides is 1. The number of nitrogens with zero attached hydrogens (tertiary/aromatic N) is 4. The predicted octanol–water partition coefficient (Wildman–Crippen LogP) is 2.70. The first-order chi connectivity index (χ1) is 15.6. The fourth-order valence-electron chi connectivity index (χ4n) is 3.30. The molecule has 0 bridgehead atoms. The molecule has 0 unspecified atom stereocenters. The second-order valence-corrected chi connectivity index (χ2v) is 10.3. The Hall–Kier alpha value is -3.25. The topological polar surface area (TPSA) is 122 Å². The Morgan fingerprint density at radius 1 is 1.36 bits per heavy atom. The van der Waals surface area contributed by atoms with Crippen LogP contribution in [0.5, 0.6) is 0 Å². The number of hydrogen-bond acceptors (Lipinski definition) is 7. The van der Waals surface area contributed by atoms with E-state index in [1.807, 2.05) is 12.1 Å². The molecule has 12 heteroatoms. The first-order valence-corrected chi connectivity index (χ1v) is 12.1. The Labute approximate surface area is 198 Å². The molecule has 1 aliphatic heterocycles. The van der Waals surface area contributed by atoms with Gasteiger partial charge in [-0.1, -0.05) is 6.07 Å². The molecule has 0 spiro atoms. The third-order valence-electron chi connectivity index (χ3n) is 5.11. The van der Waals surface area contributed by atoms with Crippen molar-refractivity contribution in [3.8, 4) is 0 Å². The fraction of sp³-hybridized carbons (Fsp3) is 0.238. The summed E-state index contributed by atoms with van der Waals surface area (Å²) in [5.41, 5.74) is 2.05. The Bertz CT molecular complexity index is 1380. The van der Waals surface area contributed by atoms with E-state index in [0.717, 1.165) is 8.89 Å². The van der Waals surface area contributed by atoms with E-state index in [4.69, 9.17) is 4.74 Å². The van der Waals surface area contributed by atoms with Crippen LogP contribution in [0, 0.1) is 6.92 Å². The average molecular weight is 534 g/mol. The Morgan fingerprint density at radius 3 is 2.88 bits per heavy atom. The summed E-state index contributed by atoms with van der Waals surface area (Å²) in [6, 6.07) is 8.20. The van der Waals surface area contributed by atoms with Gasteiger partial charge in [0.1, 0.15) is 5.65 Å². The number of hydrazone groups is 1. The van der Waals surface area contributed by atoms with E-state index < -0.39 is 28.0 Å². The first kappa shape index (κ1) is 22.9. The lowest BCUT2D eigenvalue weighted by Crippen LogP contribution is -2.28. The highest BCUT2D eigenvalue weighted by molar-refractivity contribution is 9.10. The summed E-state index contributed by atoms with van der Waals surface area (Å²) in [7, 11) is -2.68. The van der Waals surface area contributed by atoms with Crippen LogP contribution < -0.4 is 5.32 Å². The molecule has 2 aromatic heterocycles. The van der Waals surface area contributed by atoms with Crippen LogP contribution in [-0.2, 0) is 24.3 Å². The molecule has 172 valence electrons. The van der Waals surface area contributed by atoms with Crippen LogP contribution in [0.25, 0.3) is 5.65 Å². The highest BCUT2D eigenvalue weighted by Gasteiger charge is 2.30. The number of pyridine rings is 1. The molecule has 1 fully saturated rings. The Morgan fingerprint density at radius 2 is 2.15 bits per heavy atom. The lowest BCUT2D eigenvalue weighted by Gasteiger charge is -2.17. The number of aryl methyl sites for hydroxylation is 1. The zero-order valence-corrected chi connectivity index (χ0v) is 20.1. The van der Waals surface area contributed by atoms with Crippen molar-refractivity contribution >= 4 is 55.4 Å². The van der Waals surface area contributed by atoms with Crippen molar-refractivity contribution in [2.24, 2.45) is 5.10 Å². The average Bonchev–Trinajstić information content (AvgIpc) is 3.39. The van der Waals surface area contributed by atoms with E-state index in [2.05, 4.69) is 31.3 Å². The first-order valence-electron chi connectivity index (χ1n) is 9.91. The van der Waals surface area contributed by atoms with Crippen molar-refractivity contribution in [2.45, 2.75) is 30.8 Å². The third kappa shape index (κ3) is 4.76. The van der Waals surface area contributed by atoms with Crippen LogP contribution in [0.15, 0.2) is 57.2 Å². The molecule has 0 aliphatic carbocycles. The summed E-state index contributed by atoms with van der Waals surface area (Å²) in [6.45, 7) is 1.65. The van der Waals surface area contributed by atoms with Gasteiger partial charge in [-0.05, 0) is 52.7 Å². The number of carbonyl (C=O) groups excluding carboxylic acids is 2. The van der Waals surface area contributed by atoms with Gasteiger partial charge in [-0.2, -0.15) is 17.9 Å². The molecule has 10 nitrogen and oxygen atoms in total. The van der Waals surface area contributed by atoms with Crippen LogP contribution in [0.2, 0.25) is 0 Å². The number of cyclic esters (lactones) is 1. The fourth-order valence-corrected chi connectivity index (χ4v) is 4.85. The monoisotopic (exact) mass is 533 g/mol. The number of nitrogens with one attached hydrogen (secondary N) is 1. The SMILES string of the molecule is Cc1ccc(NC(=O)[C@H]2CCC(=O)O2)cc1S(=O)(=O)N(C)/N=C/c1cnc2ccc(Br)cn12. The van der Waals surface area contributed by atoms with E-state index in [1.165, 1.54) is 19.3 Å². The number of esters is 1. The zero-order chi connectivity index (χ0) is 23.8. The minimum absolute atomic E-state index is 0.00995. The molecule has 1 amide bonds. The lowest BCUT2D eigenvalue weighted by atomic mass is 10.2. The molecule has 4 rings (SSSR count).